The minimum absolute atomic E-state index is 0.0590. The third-order valence-corrected chi connectivity index (χ3v) is 1.65. The lowest BCUT2D eigenvalue weighted by molar-refractivity contribution is 0.0524. The molecule has 0 saturated heterocycles. The van der Waals surface area contributed by atoms with Gasteiger partial charge in [-0.3, -0.25) is 9.48 Å². The first-order valence-electron chi connectivity index (χ1n) is 4.16. The normalized spacial score (nSPS) is 10.0. The number of aryl methyl sites for hydroxylation is 1. The molecule has 1 heterocycles. The third-order valence-electron chi connectivity index (χ3n) is 1.65. The van der Waals surface area contributed by atoms with Crippen LogP contribution in [0.15, 0.2) is 11.0 Å². The molecule has 0 radical (unpaired) electrons. The number of carbonyl (C=O) groups excluding carboxylic acids is 1. The standard InChI is InChI=1S/C8H12N2O3/c1-3-10-7(11)6(5-9-10)8(12)13-4-2/h5,9H,3-4H2,1-2H3. The number of ether oxygens (including phenoxy) is 1. The average molecular weight is 184 g/mol. The number of aromatic amines is 1. The van der Waals surface area contributed by atoms with Gasteiger partial charge in [0.2, 0.25) is 0 Å². The molecule has 0 aromatic carbocycles. The lowest BCUT2D eigenvalue weighted by atomic mass is 10.4. The first-order chi connectivity index (χ1) is 6.20. The summed E-state index contributed by atoms with van der Waals surface area (Å²) in [5.41, 5.74) is -0.273. The Balaban J connectivity index is 2.96. The van der Waals surface area contributed by atoms with Crippen molar-refractivity contribution in [2.24, 2.45) is 0 Å². The molecule has 0 spiro atoms. The van der Waals surface area contributed by atoms with E-state index in [2.05, 4.69) is 5.10 Å². The fourth-order valence-electron chi connectivity index (χ4n) is 0.998. The Morgan fingerprint density at radius 2 is 2.31 bits per heavy atom. The predicted octanol–water partition coefficient (Wildman–Crippen LogP) is 0.373. The van der Waals surface area contributed by atoms with Gasteiger partial charge in [-0.15, -0.1) is 0 Å². The Labute approximate surface area is 75.3 Å². The molecule has 13 heavy (non-hydrogen) atoms. The van der Waals surface area contributed by atoms with E-state index >= 15 is 0 Å². The van der Waals surface area contributed by atoms with Crippen LogP contribution in [0.4, 0.5) is 0 Å². The van der Waals surface area contributed by atoms with Crippen LogP contribution in [-0.2, 0) is 11.3 Å². The van der Waals surface area contributed by atoms with Gasteiger partial charge in [0, 0.05) is 12.7 Å². The van der Waals surface area contributed by atoms with Crippen LogP contribution in [0.1, 0.15) is 24.2 Å². The van der Waals surface area contributed by atoms with Crippen LogP contribution >= 0.6 is 0 Å². The number of esters is 1. The zero-order valence-electron chi connectivity index (χ0n) is 7.66. The summed E-state index contributed by atoms with van der Waals surface area (Å²) >= 11 is 0. The minimum Gasteiger partial charge on any atom is -0.462 e. The van der Waals surface area contributed by atoms with Crippen molar-refractivity contribution in [3.63, 3.8) is 0 Å². The molecule has 1 aromatic rings. The van der Waals surface area contributed by atoms with Crippen LogP contribution in [0.5, 0.6) is 0 Å². The first kappa shape index (κ1) is 9.57. The third kappa shape index (κ3) is 1.80. The van der Waals surface area contributed by atoms with Crippen LogP contribution in [0.25, 0.3) is 0 Å². The molecule has 0 unspecified atom stereocenters. The molecule has 0 fully saturated rings. The number of carbonyl (C=O) groups is 1. The van der Waals surface area contributed by atoms with Gasteiger partial charge in [-0.2, -0.15) is 0 Å². The molecule has 0 atom stereocenters. The quantitative estimate of drug-likeness (QED) is 0.690. The summed E-state index contributed by atoms with van der Waals surface area (Å²) in [5.74, 6) is -0.573. The Hall–Kier alpha value is -1.52. The number of nitrogens with one attached hydrogen (secondary N) is 1. The summed E-state index contributed by atoms with van der Waals surface area (Å²) in [6.45, 7) is 4.30. The predicted molar refractivity (Wildman–Crippen MR) is 46.7 cm³/mol. The minimum atomic E-state index is -0.573. The topological polar surface area (TPSA) is 64.1 Å². The van der Waals surface area contributed by atoms with Crippen molar-refractivity contribution in [2.75, 3.05) is 6.61 Å². The van der Waals surface area contributed by atoms with E-state index in [-0.39, 0.29) is 17.7 Å². The van der Waals surface area contributed by atoms with E-state index < -0.39 is 5.97 Å². The van der Waals surface area contributed by atoms with Gasteiger partial charge >= 0.3 is 5.97 Å². The van der Waals surface area contributed by atoms with Crippen molar-refractivity contribution in [1.29, 1.82) is 0 Å². The zero-order valence-corrected chi connectivity index (χ0v) is 7.66. The molecular weight excluding hydrogens is 172 g/mol. The van der Waals surface area contributed by atoms with Crippen LogP contribution in [0.3, 0.4) is 0 Å². The van der Waals surface area contributed by atoms with Crippen molar-refractivity contribution < 1.29 is 9.53 Å². The number of H-pyrrole nitrogens is 1. The number of hydrogen-bond donors (Lipinski definition) is 1. The maximum atomic E-state index is 11.3. The van der Waals surface area contributed by atoms with Crippen LogP contribution in [0.2, 0.25) is 0 Å². The van der Waals surface area contributed by atoms with Crippen LogP contribution in [0, 0.1) is 0 Å². The van der Waals surface area contributed by atoms with Crippen molar-refractivity contribution >= 4 is 5.97 Å². The van der Waals surface area contributed by atoms with E-state index in [1.165, 1.54) is 10.9 Å². The second-order valence-electron chi connectivity index (χ2n) is 2.46. The van der Waals surface area contributed by atoms with Gasteiger partial charge in [0.1, 0.15) is 5.56 Å². The van der Waals surface area contributed by atoms with Gasteiger partial charge in [-0.05, 0) is 13.8 Å². The second kappa shape index (κ2) is 3.93. The lowest BCUT2D eigenvalue weighted by Gasteiger charge is -1.95. The van der Waals surface area contributed by atoms with Crippen molar-refractivity contribution in [1.82, 2.24) is 9.78 Å². The van der Waals surface area contributed by atoms with Crippen molar-refractivity contribution in [2.45, 2.75) is 20.4 Å². The van der Waals surface area contributed by atoms with E-state index in [0.29, 0.717) is 6.54 Å². The molecule has 0 saturated carbocycles. The van der Waals surface area contributed by atoms with Crippen LogP contribution in [-0.4, -0.2) is 22.4 Å². The number of aromatic nitrogens is 2. The van der Waals surface area contributed by atoms with E-state index in [1.54, 1.807) is 6.92 Å². The molecule has 0 aliphatic carbocycles. The number of hydrogen-bond acceptors (Lipinski definition) is 3. The lowest BCUT2D eigenvalue weighted by Crippen LogP contribution is -2.21. The summed E-state index contributed by atoms with van der Waals surface area (Å²) in [5, 5.41) is 2.67. The molecule has 1 aromatic heterocycles. The molecule has 72 valence electrons. The smallest absolute Gasteiger partial charge is 0.345 e. The van der Waals surface area contributed by atoms with Crippen molar-refractivity contribution in [3.8, 4) is 0 Å². The van der Waals surface area contributed by atoms with Gasteiger partial charge in [-0.25, -0.2) is 4.79 Å². The Morgan fingerprint density at radius 1 is 1.62 bits per heavy atom. The SMILES string of the molecule is CCOC(=O)c1c[nH]n(CC)c1=O. The van der Waals surface area contributed by atoms with Gasteiger partial charge < -0.3 is 9.84 Å². The zero-order chi connectivity index (χ0) is 9.84. The number of rotatable bonds is 3. The average Bonchev–Trinajstić information content (AvgIpc) is 2.47. The second-order valence-corrected chi connectivity index (χ2v) is 2.46. The summed E-state index contributed by atoms with van der Waals surface area (Å²) in [4.78, 5) is 22.5. The molecule has 0 aliphatic rings. The molecule has 1 rings (SSSR count). The monoisotopic (exact) mass is 184 g/mol. The van der Waals surface area contributed by atoms with E-state index in [1.807, 2.05) is 6.92 Å². The van der Waals surface area contributed by atoms with E-state index in [4.69, 9.17) is 4.74 Å². The van der Waals surface area contributed by atoms with Gasteiger partial charge in [0.15, 0.2) is 0 Å². The number of nitrogens with zero attached hydrogens (tertiary/aromatic N) is 1. The summed E-state index contributed by atoms with van der Waals surface area (Å²) in [7, 11) is 0. The summed E-state index contributed by atoms with van der Waals surface area (Å²) < 4.78 is 6.03. The maximum absolute atomic E-state index is 11.3. The largest absolute Gasteiger partial charge is 0.462 e. The molecule has 0 aliphatic heterocycles. The molecule has 0 bridgehead atoms. The fraction of sp³-hybridized carbons (Fsp3) is 0.500. The summed E-state index contributed by atoms with van der Waals surface area (Å²) in [6.07, 6.45) is 1.36. The molecular formula is C8H12N2O3. The molecule has 5 heteroatoms. The Morgan fingerprint density at radius 3 is 2.77 bits per heavy atom. The van der Waals surface area contributed by atoms with Gasteiger partial charge in [0.05, 0.1) is 6.61 Å². The fourth-order valence-corrected chi connectivity index (χ4v) is 0.998. The van der Waals surface area contributed by atoms with E-state index in [9.17, 15) is 9.59 Å². The summed E-state index contributed by atoms with van der Waals surface area (Å²) in [6, 6.07) is 0. The maximum Gasteiger partial charge on any atom is 0.345 e. The highest BCUT2D eigenvalue weighted by atomic mass is 16.5. The van der Waals surface area contributed by atoms with Gasteiger partial charge in [0.25, 0.3) is 5.56 Å². The molecule has 1 N–H and O–H groups in total. The van der Waals surface area contributed by atoms with Crippen LogP contribution < -0.4 is 5.56 Å². The highest BCUT2D eigenvalue weighted by Crippen LogP contribution is 1.93. The molecule has 5 nitrogen and oxygen atoms in total. The highest BCUT2D eigenvalue weighted by Gasteiger charge is 2.13. The molecule has 0 amide bonds. The Kier molecular flexibility index (Phi) is 2.89. The van der Waals surface area contributed by atoms with Gasteiger partial charge in [-0.1, -0.05) is 0 Å². The van der Waals surface area contributed by atoms with Crippen molar-refractivity contribution in [3.05, 3.63) is 22.1 Å². The van der Waals surface area contributed by atoms with E-state index in [0.717, 1.165) is 0 Å². The first-order valence-corrected chi connectivity index (χ1v) is 4.16. The Bertz CT molecular complexity index is 351. The highest BCUT2D eigenvalue weighted by molar-refractivity contribution is 5.88.